The van der Waals surface area contributed by atoms with Crippen molar-refractivity contribution in [3.05, 3.63) is 34.6 Å². The molecule has 0 radical (unpaired) electrons. The summed E-state index contributed by atoms with van der Waals surface area (Å²) < 4.78 is 25.8. The molecule has 0 spiro atoms. The van der Waals surface area contributed by atoms with E-state index in [0.29, 0.717) is 30.4 Å². The molecule has 2 heterocycles. The Hall–Kier alpha value is -2.13. The number of aromatic amines is 1. The number of aromatic nitrogens is 3. The molecule has 1 aromatic heterocycles. The summed E-state index contributed by atoms with van der Waals surface area (Å²) in [5.74, 6) is 0.945. The van der Waals surface area contributed by atoms with Crippen molar-refractivity contribution in [2.24, 2.45) is 5.92 Å². The SMILES string of the molecule is CC(C)Cc1nc(NC(=O)c2ccc(N3CCCCS3(=O)=O)cc2Cl)n[nH]1. The van der Waals surface area contributed by atoms with Crippen molar-refractivity contribution in [1.82, 2.24) is 15.2 Å². The normalized spacial score (nSPS) is 16.5. The molecule has 0 bridgehead atoms. The van der Waals surface area contributed by atoms with E-state index in [1.165, 1.54) is 16.4 Å². The molecule has 2 N–H and O–H groups in total. The highest BCUT2D eigenvalue weighted by Gasteiger charge is 2.27. The van der Waals surface area contributed by atoms with E-state index in [2.05, 4.69) is 34.3 Å². The monoisotopic (exact) mass is 411 g/mol. The number of rotatable bonds is 5. The zero-order valence-electron chi connectivity index (χ0n) is 15.2. The van der Waals surface area contributed by atoms with E-state index in [4.69, 9.17) is 11.6 Å². The molecule has 27 heavy (non-hydrogen) atoms. The predicted octanol–water partition coefficient (Wildman–Crippen LogP) is 2.84. The number of nitrogens with zero attached hydrogens (tertiary/aromatic N) is 3. The van der Waals surface area contributed by atoms with Crippen LogP contribution in [-0.2, 0) is 16.4 Å². The van der Waals surface area contributed by atoms with Crippen LogP contribution in [0.3, 0.4) is 0 Å². The number of anilines is 2. The van der Waals surface area contributed by atoms with E-state index in [1.54, 1.807) is 6.07 Å². The van der Waals surface area contributed by atoms with Crippen molar-refractivity contribution in [2.75, 3.05) is 21.9 Å². The quantitative estimate of drug-likeness (QED) is 0.786. The average molecular weight is 412 g/mol. The van der Waals surface area contributed by atoms with Gasteiger partial charge in [0.05, 0.1) is 22.0 Å². The minimum atomic E-state index is -3.33. The van der Waals surface area contributed by atoms with Crippen molar-refractivity contribution in [3.63, 3.8) is 0 Å². The van der Waals surface area contributed by atoms with Crippen molar-refractivity contribution < 1.29 is 13.2 Å². The second kappa shape index (κ2) is 7.85. The van der Waals surface area contributed by atoms with Crippen molar-refractivity contribution >= 4 is 39.2 Å². The number of halogens is 1. The fraction of sp³-hybridized carbons (Fsp3) is 0.471. The molecule has 1 fully saturated rings. The van der Waals surface area contributed by atoms with Crippen molar-refractivity contribution in [3.8, 4) is 0 Å². The van der Waals surface area contributed by atoms with Crippen LogP contribution in [0.1, 0.15) is 42.9 Å². The molecule has 0 unspecified atom stereocenters. The molecule has 0 aliphatic carbocycles. The van der Waals surface area contributed by atoms with E-state index in [9.17, 15) is 13.2 Å². The Morgan fingerprint density at radius 2 is 2.15 bits per heavy atom. The van der Waals surface area contributed by atoms with Crippen LogP contribution < -0.4 is 9.62 Å². The molecule has 0 atom stereocenters. The lowest BCUT2D eigenvalue weighted by molar-refractivity contribution is 0.102. The Morgan fingerprint density at radius 1 is 1.37 bits per heavy atom. The van der Waals surface area contributed by atoms with Crippen LogP contribution in [-0.4, -0.2) is 41.8 Å². The van der Waals surface area contributed by atoms with Gasteiger partial charge in [0.1, 0.15) is 5.82 Å². The fourth-order valence-corrected chi connectivity index (χ4v) is 4.81. The highest BCUT2D eigenvalue weighted by Crippen LogP contribution is 2.28. The Balaban J connectivity index is 1.75. The first-order valence-corrected chi connectivity index (χ1v) is 10.8. The van der Waals surface area contributed by atoms with E-state index in [0.717, 1.165) is 12.8 Å². The third kappa shape index (κ3) is 4.59. The van der Waals surface area contributed by atoms with Gasteiger partial charge in [-0.2, -0.15) is 4.98 Å². The summed E-state index contributed by atoms with van der Waals surface area (Å²) in [6.07, 6.45) is 2.17. The highest BCUT2D eigenvalue weighted by molar-refractivity contribution is 7.92. The predicted molar refractivity (Wildman–Crippen MR) is 105 cm³/mol. The van der Waals surface area contributed by atoms with Crippen molar-refractivity contribution in [2.45, 2.75) is 33.1 Å². The molecule has 2 aromatic rings. The number of hydrogen-bond acceptors (Lipinski definition) is 5. The van der Waals surface area contributed by atoms with Gasteiger partial charge in [-0.25, -0.2) is 8.42 Å². The minimum Gasteiger partial charge on any atom is -0.289 e. The lowest BCUT2D eigenvalue weighted by atomic mass is 10.1. The second-order valence-corrected chi connectivity index (χ2v) is 9.34. The first-order valence-electron chi connectivity index (χ1n) is 8.79. The summed E-state index contributed by atoms with van der Waals surface area (Å²) in [6.45, 7) is 4.54. The zero-order valence-corrected chi connectivity index (χ0v) is 16.8. The fourth-order valence-electron chi connectivity index (χ4n) is 2.92. The number of sulfonamides is 1. The molecule has 1 aliphatic heterocycles. The largest absolute Gasteiger partial charge is 0.289 e. The highest BCUT2D eigenvalue weighted by atomic mass is 35.5. The number of benzene rings is 1. The summed E-state index contributed by atoms with van der Waals surface area (Å²) >= 11 is 6.25. The van der Waals surface area contributed by atoms with Crippen molar-refractivity contribution in [1.29, 1.82) is 0 Å². The Labute approximate surface area is 163 Å². The summed E-state index contributed by atoms with van der Waals surface area (Å²) in [5.41, 5.74) is 0.693. The minimum absolute atomic E-state index is 0.121. The maximum absolute atomic E-state index is 12.5. The van der Waals surface area contributed by atoms with Crippen LogP contribution in [0.4, 0.5) is 11.6 Å². The van der Waals surface area contributed by atoms with Gasteiger partial charge >= 0.3 is 0 Å². The maximum Gasteiger partial charge on any atom is 0.259 e. The standard InChI is InChI=1S/C17H22ClN5O3S/c1-11(2)9-15-19-17(22-21-15)20-16(24)13-6-5-12(10-14(13)18)23-7-3-4-8-27(23,25)26/h5-6,10-11H,3-4,7-9H2,1-2H3,(H2,19,20,21,22,24). The van der Waals surface area contributed by atoms with Crippen LogP contribution in [0.5, 0.6) is 0 Å². The molecule has 1 saturated heterocycles. The molecule has 10 heteroatoms. The topological polar surface area (TPSA) is 108 Å². The summed E-state index contributed by atoms with van der Waals surface area (Å²) in [5, 5.41) is 9.53. The summed E-state index contributed by atoms with van der Waals surface area (Å²) in [6, 6.07) is 4.60. The Morgan fingerprint density at radius 3 is 2.81 bits per heavy atom. The van der Waals surface area contributed by atoms with Gasteiger partial charge in [-0.3, -0.25) is 19.5 Å². The lowest BCUT2D eigenvalue weighted by Gasteiger charge is -2.28. The molecule has 1 amide bonds. The van der Waals surface area contributed by atoms with E-state index in [-0.39, 0.29) is 22.3 Å². The maximum atomic E-state index is 12.5. The first-order chi connectivity index (χ1) is 12.8. The number of carbonyl (C=O) groups is 1. The molecule has 8 nitrogen and oxygen atoms in total. The number of amides is 1. The molecular formula is C17H22ClN5O3S. The lowest BCUT2D eigenvalue weighted by Crippen LogP contribution is -2.37. The first kappa shape index (κ1) is 19.6. The van der Waals surface area contributed by atoms with Crippen LogP contribution in [0.2, 0.25) is 5.02 Å². The molecule has 3 rings (SSSR count). The van der Waals surface area contributed by atoms with Gasteiger partial charge in [0.2, 0.25) is 16.0 Å². The zero-order chi connectivity index (χ0) is 19.6. The molecule has 1 aromatic carbocycles. The van der Waals surface area contributed by atoms with Gasteiger partial charge in [0, 0.05) is 13.0 Å². The Kier molecular flexibility index (Phi) is 5.71. The van der Waals surface area contributed by atoms with E-state index < -0.39 is 15.9 Å². The second-order valence-electron chi connectivity index (χ2n) is 6.92. The average Bonchev–Trinajstić information content (AvgIpc) is 3.00. The third-order valence-electron chi connectivity index (χ3n) is 4.19. The third-order valence-corrected chi connectivity index (χ3v) is 6.38. The molecule has 146 valence electrons. The van der Waals surface area contributed by atoms with Gasteiger partial charge in [-0.15, -0.1) is 5.10 Å². The Bertz CT molecular complexity index is 942. The number of carbonyl (C=O) groups excluding carboxylic acids is 1. The number of nitrogens with one attached hydrogen (secondary N) is 2. The van der Waals surface area contributed by atoms with Gasteiger partial charge in [-0.1, -0.05) is 25.4 Å². The number of hydrogen-bond donors (Lipinski definition) is 2. The van der Waals surface area contributed by atoms with Crippen LogP contribution in [0.25, 0.3) is 0 Å². The van der Waals surface area contributed by atoms with Gasteiger partial charge in [-0.05, 0) is 37.0 Å². The number of H-pyrrole nitrogens is 1. The molecule has 0 saturated carbocycles. The smallest absolute Gasteiger partial charge is 0.259 e. The van der Waals surface area contributed by atoms with Crippen LogP contribution in [0.15, 0.2) is 18.2 Å². The molecular weight excluding hydrogens is 390 g/mol. The van der Waals surface area contributed by atoms with E-state index >= 15 is 0 Å². The van der Waals surface area contributed by atoms with Gasteiger partial charge in [0.15, 0.2) is 0 Å². The van der Waals surface area contributed by atoms with Crippen LogP contribution >= 0.6 is 11.6 Å². The molecule has 1 aliphatic rings. The summed E-state index contributed by atoms with van der Waals surface area (Å²) in [7, 11) is -3.33. The van der Waals surface area contributed by atoms with Crippen LogP contribution in [0, 0.1) is 5.92 Å². The van der Waals surface area contributed by atoms with Gasteiger partial charge in [0.25, 0.3) is 5.91 Å². The summed E-state index contributed by atoms with van der Waals surface area (Å²) in [4.78, 5) is 16.7. The van der Waals surface area contributed by atoms with E-state index in [1.807, 2.05) is 0 Å². The van der Waals surface area contributed by atoms with Gasteiger partial charge < -0.3 is 0 Å².